The highest BCUT2D eigenvalue weighted by atomic mass is 16.1. The third-order valence-electron chi connectivity index (χ3n) is 5.55. The number of fused-ring (bicyclic) bond motifs is 2. The smallest absolute Gasteiger partial charge is 0.266 e. The van der Waals surface area contributed by atoms with Crippen LogP contribution in [0.2, 0.25) is 0 Å². The van der Waals surface area contributed by atoms with Gasteiger partial charge in [0.05, 0.1) is 5.69 Å². The average Bonchev–Trinajstić information content (AvgIpc) is 3.28. The number of rotatable bonds is 2. The van der Waals surface area contributed by atoms with Crippen molar-refractivity contribution in [2.24, 2.45) is 18.9 Å². The van der Waals surface area contributed by atoms with Gasteiger partial charge in [0.15, 0.2) is 5.82 Å². The molecule has 5 rings (SSSR count). The van der Waals surface area contributed by atoms with Crippen LogP contribution in [0.3, 0.4) is 0 Å². The molecule has 5 heterocycles. The zero-order valence-electron chi connectivity index (χ0n) is 14.9. The van der Waals surface area contributed by atoms with E-state index in [1.165, 1.54) is 4.68 Å². The highest BCUT2D eigenvalue weighted by molar-refractivity contribution is 5.69. The summed E-state index contributed by atoms with van der Waals surface area (Å²) in [4.78, 5) is 20.9. The summed E-state index contributed by atoms with van der Waals surface area (Å²) in [6.07, 6.45) is 3.72. The van der Waals surface area contributed by atoms with Crippen molar-refractivity contribution in [3.05, 3.63) is 46.6 Å². The summed E-state index contributed by atoms with van der Waals surface area (Å²) in [5.41, 5.74) is 2.00. The Kier molecular flexibility index (Phi) is 3.28. The van der Waals surface area contributed by atoms with Gasteiger partial charge in [0.25, 0.3) is 5.56 Å². The van der Waals surface area contributed by atoms with Crippen LogP contribution in [0.25, 0.3) is 5.52 Å². The second kappa shape index (κ2) is 5.55. The molecule has 0 spiro atoms. The Morgan fingerprint density at radius 1 is 1.04 bits per heavy atom. The molecule has 2 aliphatic heterocycles. The third-order valence-corrected chi connectivity index (χ3v) is 5.55. The minimum Gasteiger partial charge on any atom is -0.354 e. The molecule has 134 valence electrons. The second-order valence-corrected chi connectivity index (χ2v) is 7.35. The van der Waals surface area contributed by atoms with Gasteiger partial charge in [0.1, 0.15) is 11.3 Å². The fraction of sp³-hybridized carbons (Fsp3) is 0.444. The molecule has 2 aliphatic rings. The lowest BCUT2D eigenvalue weighted by Gasteiger charge is -2.23. The van der Waals surface area contributed by atoms with E-state index in [4.69, 9.17) is 0 Å². The van der Waals surface area contributed by atoms with E-state index in [2.05, 4.69) is 31.0 Å². The Bertz CT molecular complexity index is 1030. The predicted molar refractivity (Wildman–Crippen MR) is 98.6 cm³/mol. The van der Waals surface area contributed by atoms with Crippen molar-refractivity contribution in [1.82, 2.24) is 24.4 Å². The number of hydrogen-bond acceptors (Lipinski definition) is 6. The lowest BCUT2D eigenvalue weighted by molar-refractivity contribution is 0.533. The van der Waals surface area contributed by atoms with E-state index in [1.54, 1.807) is 13.1 Å². The lowest BCUT2D eigenvalue weighted by atomic mass is 10.0. The lowest BCUT2D eigenvalue weighted by Crippen LogP contribution is -2.31. The van der Waals surface area contributed by atoms with Crippen molar-refractivity contribution >= 4 is 17.2 Å². The first kappa shape index (κ1) is 15.4. The molecule has 0 saturated carbocycles. The van der Waals surface area contributed by atoms with Crippen LogP contribution in [0.4, 0.5) is 11.6 Å². The van der Waals surface area contributed by atoms with Crippen LogP contribution < -0.4 is 15.4 Å². The first-order chi connectivity index (χ1) is 12.6. The summed E-state index contributed by atoms with van der Waals surface area (Å²) >= 11 is 0. The maximum Gasteiger partial charge on any atom is 0.266 e. The van der Waals surface area contributed by atoms with E-state index in [0.29, 0.717) is 11.8 Å². The molecule has 2 fully saturated rings. The van der Waals surface area contributed by atoms with Crippen molar-refractivity contribution in [2.75, 3.05) is 36.0 Å². The Hall–Kier alpha value is -2.90. The molecule has 0 aliphatic carbocycles. The Morgan fingerprint density at radius 3 is 2.50 bits per heavy atom. The number of aryl methyl sites for hydroxylation is 2. The quantitative estimate of drug-likeness (QED) is 0.677. The molecule has 0 amide bonds. The highest BCUT2D eigenvalue weighted by Crippen LogP contribution is 2.36. The van der Waals surface area contributed by atoms with Gasteiger partial charge in [-0.15, -0.1) is 0 Å². The molecule has 0 aromatic carbocycles. The maximum atomic E-state index is 11.6. The van der Waals surface area contributed by atoms with Crippen molar-refractivity contribution < 1.29 is 0 Å². The zero-order chi connectivity index (χ0) is 17.8. The Morgan fingerprint density at radius 2 is 1.77 bits per heavy atom. The molecule has 2 unspecified atom stereocenters. The number of hydrogen-bond donors (Lipinski definition) is 0. The van der Waals surface area contributed by atoms with Gasteiger partial charge in [-0.25, -0.2) is 14.2 Å². The van der Waals surface area contributed by atoms with Gasteiger partial charge in [-0.3, -0.25) is 4.79 Å². The number of nitrogens with zero attached hydrogens (tertiary/aromatic N) is 7. The Labute approximate surface area is 150 Å². The topological polar surface area (TPSA) is 71.6 Å². The van der Waals surface area contributed by atoms with E-state index in [0.717, 1.165) is 49.0 Å². The molecule has 0 bridgehead atoms. The third kappa shape index (κ3) is 2.36. The van der Waals surface area contributed by atoms with Crippen LogP contribution in [-0.4, -0.2) is 50.6 Å². The molecular formula is C18H21N7O. The summed E-state index contributed by atoms with van der Waals surface area (Å²) in [5.74, 6) is 3.08. The van der Waals surface area contributed by atoms with Crippen molar-refractivity contribution in [3.8, 4) is 0 Å². The van der Waals surface area contributed by atoms with E-state index >= 15 is 0 Å². The minimum atomic E-state index is -0.0745. The van der Waals surface area contributed by atoms with Gasteiger partial charge in [-0.1, -0.05) is 0 Å². The van der Waals surface area contributed by atoms with Crippen molar-refractivity contribution in [3.63, 3.8) is 0 Å². The van der Waals surface area contributed by atoms with E-state index in [9.17, 15) is 4.79 Å². The molecule has 26 heavy (non-hydrogen) atoms. The fourth-order valence-electron chi connectivity index (χ4n) is 4.29. The maximum absolute atomic E-state index is 11.6. The largest absolute Gasteiger partial charge is 0.354 e. The van der Waals surface area contributed by atoms with Gasteiger partial charge in [-0.05, 0) is 19.1 Å². The standard InChI is InChI=1S/C18H21N7O/c1-12-7-15-18(19-5-6-25(15)20-12)24-10-13-8-23(9-14(13)11-24)16-3-4-17(26)22(2)21-16/h3-7,13-14H,8-11H2,1-2H3. The van der Waals surface area contributed by atoms with Crippen molar-refractivity contribution in [2.45, 2.75) is 6.92 Å². The molecule has 0 N–H and O–H groups in total. The normalized spacial score (nSPS) is 22.4. The van der Waals surface area contributed by atoms with Gasteiger partial charge < -0.3 is 9.80 Å². The van der Waals surface area contributed by atoms with Gasteiger partial charge in [0.2, 0.25) is 0 Å². The number of anilines is 2. The van der Waals surface area contributed by atoms with Crippen LogP contribution in [0.1, 0.15) is 5.69 Å². The van der Waals surface area contributed by atoms with Crippen LogP contribution in [-0.2, 0) is 7.05 Å². The van der Waals surface area contributed by atoms with E-state index in [-0.39, 0.29) is 5.56 Å². The van der Waals surface area contributed by atoms with Crippen molar-refractivity contribution in [1.29, 1.82) is 0 Å². The second-order valence-electron chi connectivity index (χ2n) is 7.35. The zero-order valence-corrected chi connectivity index (χ0v) is 14.9. The summed E-state index contributed by atoms with van der Waals surface area (Å²) < 4.78 is 3.31. The monoisotopic (exact) mass is 351 g/mol. The molecule has 8 nitrogen and oxygen atoms in total. The van der Waals surface area contributed by atoms with E-state index in [1.807, 2.05) is 29.9 Å². The highest BCUT2D eigenvalue weighted by Gasteiger charge is 2.41. The first-order valence-corrected chi connectivity index (χ1v) is 8.94. The minimum absolute atomic E-state index is 0.0745. The molecule has 2 saturated heterocycles. The molecule has 3 aromatic heterocycles. The number of aromatic nitrogens is 5. The Balaban J connectivity index is 1.36. The van der Waals surface area contributed by atoms with Crippen LogP contribution in [0.15, 0.2) is 35.4 Å². The molecule has 2 atom stereocenters. The van der Waals surface area contributed by atoms with Crippen LogP contribution in [0, 0.1) is 18.8 Å². The summed E-state index contributed by atoms with van der Waals surface area (Å²) in [6, 6.07) is 5.52. The summed E-state index contributed by atoms with van der Waals surface area (Å²) in [6.45, 7) is 5.92. The van der Waals surface area contributed by atoms with Gasteiger partial charge in [-0.2, -0.15) is 10.2 Å². The van der Waals surface area contributed by atoms with Gasteiger partial charge in [0, 0.05) is 63.5 Å². The summed E-state index contributed by atoms with van der Waals surface area (Å²) in [5, 5.41) is 8.89. The SMILES string of the molecule is Cc1cc2c(N3CC4CN(c5ccc(=O)n(C)n5)CC4C3)nccn2n1. The van der Waals surface area contributed by atoms with Crippen LogP contribution in [0.5, 0.6) is 0 Å². The first-order valence-electron chi connectivity index (χ1n) is 8.94. The van der Waals surface area contributed by atoms with E-state index < -0.39 is 0 Å². The fourth-order valence-corrected chi connectivity index (χ4v) is 4.29. The average molecular weight is 351 g/mol. The molecule has 8 heteroatoms. The molecular weight excluding hydrogens is 330 g/mol. The molecule has 0 radical (unpaired) electrons. The van der Waals surface area contributed by atoms with Crippen LogP contribution >= 0.6 is 0 Å². The van der Waals surface area contributed by atoms with Gasteiger partial charge >= 0.3 is 0 Å². The molecule has 3 aromatic rings. The summed E-state index contributed by atoms with van der Waals surface area (Å²) in [7, 11) is 1.70. The predicted octanol–water partition coefficient (Wildman–Crippen LogP) is 0.704.